The van der Waals surface area contributed by atoms with E-state index in [2.05, 4.69) is 4.98 Å². The number of nitrogens with zero attached hydrogens (tertiary/aromatic N) is 1. The second-order valence-corrected chi connectivity index (χ2v) is 6.79. The molecule has 0 spiro atoms. The highest BCUT2D eigenvalue weighted by atomic mass is 32.2. The molecule has 0 bridgehead atoms. The minimum atomic E-state index is -1.12. The van der Waals surface area contributed by atoms with Crippen molar-refractivity contribution >= 4 is 34.4 Å². The van der Waals surface area contributed by atoms with Crippen molar-refractivity contribution in [2.75, 3.05) is 12.4 Å². The van der Waals surface area contributed by atoms with Gasteiger partial charge < -0.3 is 4.74 Å². The molecule has 138 valence electrons. The molecular formula is C20H15F2NO3S. The van der Waals surface area contributed by atoms with Gasteiger partial charge in [0, 0.05) is 10.9 Å². The number of halogens is 2. The SMILES string of the molecule is Cc1cc(SCC(=O)OCC(=O)c2ccc(F)c(F)c2)nc2ccccc12. The third-order valence-electron chi connectivity index (χ3n) is 3.84. The summed E-state index contributed by atoms with van der Waals surface area (Å²) < 4.78 is 30.9. The Bertz CT molecular complexity index is 1020. The van der Waals surface area contributed by atoms with E-state index in [1.165, 1.54) is 11.8 Å². The van der Waals surface area contributed by atoms with Gasteiger partial charge in [-0.05, 0) is 42.8 Å². The van der Waals surface area contributed by atoms with Crippen molar-refractivity contribution in [3.63, 3.8) is 0 Å². The maximum Gasteiger partial charge on any atom is 0.316 e. The average molecular weight is 387 g/mol. The van der Waals surface area contributed by atoms with Crippen LogP contribution in [0.15, 0.2) is 53.6 Å². The van der Waals surface area contributed by atoms with Crippen LogP contribution in [0.4, 0.5) is 8.78 Å². The minimum absolute atomic E-state index is 0.0180. The number of para-hydroxylation sites is 1. The van der Waals surface area contributed by atoms with Crippen molar-refractivity contribution in [2.24, 2.45) is 0 Å². The summed E-state index contributed by atoms with van der Waals surface area (Å²) in [6.07, 6.45) is 0. The van der Waals surface area contributed by atoms with Crippen molar-refractivity contribution in [3.8, 4) is 0 Å². The summed E-state index contributed by atoms with van der Waals surface area (Å²) in [4.78, 5) is 28.2. The predicted molar refractivity (Wildman–Crippen MR) is 98.9 cm³/mol. The Morgan fingerprint density at radius 3 is 2.63 bits per heavy atom. The lowest BCUT2D eigenvalue weighted by molar-refractivity contribution is -0.139. The molecule has 0 aliphatic carbocycles. The topological polar surface area (TPSA) is 56.3 Å². The van der Waals surface area contributed by atoms with Crippen LogP contribution in [0.3, 0.4) is 0 Å². The van der Waals surface area contributed by atoms with Crippen LogP contribution >= 0.6 is 11.8 Å². The Kier molecular flexibility index (Phi) is 5.81. The molecule has 7 heteroatoms. The molecule has 3 aromatic rings. The van der Waals surface area contributed by atoms with E-state index in [1.807, 2.05) is 37.3 Å². The van der Waals surface area contributed by atoms with E-state index < -0.39 is 30.0 Å². The van der Waals surface area contributed by atoms with Crippen molar-refractivity contribution < 1.29 is 23.1 Å². The molecule has 0 atom stereocenters. The maximum atomic E-state index is 13.1. The number of fused-ring (bicyclic) bond motifs is 1. The summed E-state index contributed by atoms with van der Waals surface area (Å²) in [5, 5.41) is 1.72. The number of benzene rings is 2. The fraction of sp³-hybridized carbons (Fsp3) is 0.150. The van der Waals surface area contributed by atoms with Gasteiger partial charge in [-0.2, -0.15) is 0 Å². The summed E-state index contributed by atoms with van der Waals surface area (Å²) in [6, 6.07) is 12.4. The first kappa shape index (κ1) is 19.0. The van der Waals surface area contributed by atoms with Gasteiger partial charge in [0.1, 0.15) is 0 Å². The van der Waals surface area contributed by atoms with Crippen LogP contribution in [-0.4, -0.2) is 29.1 Å². The number of hydrogen-bond acceptors (Lipinski definition) is 5. The first-order valence-corrected chi connectivity index (χ1v) is 9.05. The van der Waals surface area contributed by atoms with Gasteiger partial charge in [0.25, 0.3) is 0 Å². The van der Waals surface area contributed by atoms with Crippen LogP contribution in [0.5, 0.6) is 0 Å². The van der Waals surface area contributed by atoms with Crippen LogP contribution < -0.4 is 0 Å². The van der Waals surface area contributed by atoms with Gasteiger partial charge in [0.2, 0.25) is 0 Å². The lowest BCUT2D eigenvalue weighted by Gasteiger charge is -2.07. The number of pyridine rings is 1. The molecule has 0 aliphatic rings. The van der Waals surface area contributed by atoms with E-state index in [4.69, 9.17) is 4.74 Å². The van der Waals surface area contributed by atoms with Crippen LogP contribution in [0.1, 0.15) is 15.9 Å². The zero-order valence-electron chi connectivity index (χ0n) is 14.4. The van der Waals surface area contributed by atoms with Gasteiger partial charge in [0.05, 0.1) is 16.3 Å². The van der Waals surface area contributed by atoms with E-state index in [1.54, 1.807) is 0 Å². The van der Waals surface area contributed by atoms with E-state index in [0.29, 0.717) is 5.03 Å². The second-order valence-electron chi connectivity index (χ2n) is 5.80. The molecule has 0 N–H and O–H groups in total. The monoisotopic (exact) mass is 387 g/mol. The third-order valence-corrected chi connectivity index (χ3v) is 4.73. The number of rotatable bonds is 6. The van der Waals surface area contributed by atoms with E-state index in [-0.39, 0.29) is 11.3 Å². The summed E-state index contributed by atoms with van der Waals surface area (Å²) in [5.74, 6) is -3.38. The average Bonchev–Trinajstić information content (AvgIpc) is 2.66. The Balaban J connectivity index is 1.55. The Hall–Kier alpha value is -2.80. The molecule has 0 unspecified atom stereocenters. The van der Waals surface area contributed by atoms with Crippen LogP contribution in [0.2, 0.25) is 0 Å². The molecule has 0 fully saturated rings. The number of Topliss-reactive ketones (excluding diaryl/α,β-unsaturated/α-hetero) is 1. The highest BCUT2D eigenvalue weighted by Gasteiger charge is 2.13. The van der Waals surface area contributed by atoms with E-state index in [9.17, 15) is 18.4 Å². The summed E-state index contributed by atoms with van der Waals surface area (Å²) in [5.41, 5.74) is 1.83. The summed E-state index contributed by atoms with van der Waals surface area (Å²) in [6.45, 7) is 1.43. The van der Waals surface area contributed by atoms with E-state index >= 15 is 0 Å². The summed E-state index contributed by atoms with van der Waals surface area (Å²) in [7, 11) is 0. The minimum Gasteiger partial charge on any atom is -0.457 e. The molecule has 0 radical (unpaired) electrons. The summed E-state index contributed by atoms with van der Waals surface area (Å²) >= 11 is 1.20. The Morgan fingerprint density at radius 1 is 1.07 bits per heavy atom. The molecule has 0 amide bonds. The largest absolute Gasteiger partial charge is 0.457 e. The standard InChI is InChI=1S/C20H15F2NO3S/c1-12-8-19(23-17-5-3-2-4-14(12)17)27-11-20(25)26-10-18(24)13-6-7-15(21)16(22)9-13/h2-9H,10-11H2,1H3. The normalized spacial score (nSPS) is 10.8. The Labute approximate surface area is 158 Å². The zero-order chi connectivity index (χ0) is 19.4. The van der Waals surface area contributed by atoms with E-state index in [0.717, 1.165) is 34.7 Å². The van der Waals surface area contributed by atoms with Gasteiger partial charge in [-0.15, -0.1) is 0 Å². The molecule has 27 heavy (non-hydrogen) atoms. The Morgan fingerprint density at radius 2 is 1.85 bits per heavy atom. The number of carbonyl (C=O) groups is 2. The van der Waals surface area contributed by atoms with Gasteiger partial charge in [-0.1, -0.05) is 30.0 Å². The highest BCUT2D eigenvalue weighted by molar-refractivity contribution is 7.99. The first-order valence-electron chi connectivity index (χ1n) is 8.07. The molecule has 0 aliphatic heterocycles. The number of aromatic nitrogens is 1. The molecule has 0 saturated heterocycles. The lowest BCUT2D eigenvalue weighted by Crippen LogP contribution is -2.16. The second kappa shape index (κ2) is 8.26. The predicted octanol–water partition coefficient (Wildman–Crippen LogP) is 4.34. The molecule has 1 aromatic heterocycles. The lowest BCUT2D eigenvalue weighted by atomic mass is 10.1. The molecular weight excluding hydrogens is 372 g/mol. The van der Waals surface area contributed by atoms with Gasteiger partial charge in [-0.25, -0.2) is 13.8 Å². The maximum absolute atomic E-state index is 13.1. The molecule has 1 heterocycles. The number of ether oxygens (including phenoxy) is 1. The van der Waals surface area contributed by atoms with Crippen molar-refractivity contribution in [1.82, 2.24) is 4.98 Å². The van der Waals surface area contributed by atoms with Crippen LogP contribution in [0, 0.1) is 18.6 Å². The van der Waals surface area contributed by atoms with Crippen molar-refractivity contribution in [2.45, 2.75) is 11.9 Å². The van der Waals surface area contributed by atoms with Crippen molar-refractivity contribution in [3.05, 3.63) is 71.3 Å². The number of ketones is 1. The fourth-order valence-corrected chi connectivity index (χ4v) is 3.24. The number of thioether (sulfide) groups is 1. The zero-order valence-corrected chi connectivity index (χ0v) is 15.2. The van der Waals surface area contributed by atoms with Crippen LogP contribution in [0.25, 0.3) is 10.9 Å². The van der Waals surface area contributed by atoms with Gasteiger partial charge >= 0.3 is 5.97 Å². The number of hydrogen-bond donors (Lipinski definition) is 0. The number of esters is 1. The molecule has 2 aromatic carbocycles. The third kappa shape index (κ3) is 4.68. The van der Waals surface area contributed by atoms with Crippen molar-refractivity contribution in [1.29, 1.82) is 0 Å². The van der Waals surface area contributed by atoms with Gasteiger partial charge in [0.15, 0.2) is 24.0 Å². The molecule has 4 nitrogen and oxygen atoms in total. The van der Waals surface area contributed by atoms with Gasteiger partial charge in [-0.3, -0.25) is 9.59 Å². The smallest absolute Gasteiger partial charge is 0.316 e. The highest BCUT2D eigenvalue weighted by Crippen LogP contribution is 2.23. The molecule has 0 saturated carbocycles. The number of carbonyl (C=O) groups excluding carboxylic acids is 2. The van der Waals surface area contributed by atoms with Crippen LogP contribution in [-0.2, 0) is 9.53 Å². The fourth-order valence-electron chi connectivity index (χ4n) is 2.47. The number of aryl methyl sites for hydroxylation is 1. The quantitative estimate of drug-likeness (QED) is 0.358. The molecule has 3 rings (SSSR count). The first-order chi connectivity index (χ1) is 12.9.